The lowest BCUT2D eigenvalue weighted by molar-refractivity contribution is 0.0958. The Labute approximate surface area is 219 Å². The Morgan fingerprint density at radius 3 is 2.62 bits per heavy atom. The molecule has 194 valence electrons. The van der Waals surface area contributed by atoms with Crippen LogP contribution in [0.2, 0.25) is 0 Å². The van der Waals surface area contributed by atoms with Gasteiger partial charge in [0.25, 0.3) is 5.91 Å². The number of carbonyl (C=O) groups excluding carboxylic acids is 1. The quantitative estimate of drug-likeness (QED) is 0.376. The maximum absolute atomic E-state index is 12.8. The Morgan fingerprint density at radius 2 is 1.89 bits per heavy atom. The van der Waals surface area contributed by atoms with E-state index in [1.807, 2.05) is 12.1 Å². The molecule has 3 N–H and O–H groups in total. The number of pyridine rings is 1. The molecule has 0 aliphatic heterocycles. The first-order chi connectivity index (χ1) is 17.6. The van der Waals surface area contributed by atoms with Crippen LogP contribution in [0.3, 0.4) is 0 Å². The van der Waals surface area contributed by atoms with Gasteiger partial charge in [0, 0.05) is 47.5 Å². The number of aromatic nitrogens is 3. The molecular weight excluding hydrogens is 462 g/mol. The number of amides is 1. The number of anilines is 4. The molecule has 1 amide bonds. The number of carbonyl (C=O) groups is 1. The van der Waals surface area contributed by atoms with Crippen LogP contribution in [0.25, 0.3) is 0 Å². The van der Waals surface area contributed by atoms with E-state index in [0.717, 1.165) is 36.3 Å². The molecule has 3 aromatic rings. The number of aryl methyl sites for hydroxylation is 1. The molecule has 8 heteroatoms. The first kappa shape index (κ1) is 26.3. The number of fused-ring (bicyclic) bond motifs is 1. The van der Waals surface area contributed by atoms with Crippen molar-refractivity contribution < 1.29 is 4.79 Å². The number of hydrogen-bond donors (Lipinski definition) is 3. The highest BCUT2D eigenvalue weighted by Gasteiger charge is 2.21. The largest absolute Gasteiger partial charge is 0.348 e. The fourth-order valence-corrected chi connectivity index (χ4v) is 4.40. The summed E-state index contributed by atoms with van der Waals surface area (Å²) >= 11 is 0. The number of hydrogen-bond acceptors (Lipinski definition) is 7. The lowest BCUT2D eigenvalue weighted by Gasteiger charge is -2.30. The van der Waals surface area contributed by atoms with Gasteiger partial charge < -0.3 is 20.9 Å². The second-order valence-electron chi connectivity index (χ2n) is 10.7. The Balaban J connectivity index is 1.61. The summed E-state index contributed by atoms with van der Waals surface area (Å²) in [6.07, 6.45) is 8.19. The second-order valence-corrected chi connectivity index (χ2v) is 10.7. The van der Waals surface area contributed by atoms with Gasteiger partial charge in [-0.2, -0.15) is 4.98 Å². The minimum atomic E-state index is -0.275. The molecule has 4 rings (SSSR count). The number of rotatable bonds is 8. The molecule has 1 unspecified atom stereocenters. The lowest BCUT2D eigenvalue weighted by Crippen LogP contribution is -2.33. The topological polar surface area (TPSA) is 95.1 Å². The highest BCUT2D eigenvalue weighted by atomic mass is 16.1. The summed E-state index contributed by atoms with van der Waals surface area (Å²) in [5.41, 5.74) is 5.64. The SMILES string of the molecule is C=CCNC(=O)c1cnc(Nc2ccc3c(c2)CCC(N(C)C)C3)nc1Nc1ccnc(C(C)(C)C)c1. The van der Waals surface area contributed by atoms with Crippen LogP contribution >= 0.6 is 0 Å². The molecule has 0 saturated heterocycles. The summed E-state index contributed by atoms with van der Waals surface area (Å²) in [4.78, 5) is 28.8. The van der Waals surface area contributed by atoms with E-state index in [1.165, 1.54) is 11.1 Å². The highest BCUT2D eigenvalue weighted by molar-refractivity contribution is 5.99. The van der Waals surface area contributed by atoms with E-state index < -0.39 is 0 Å². The number of benzene rings is 1. The maximum atomic E-state index is 12.8. The standard InChI is InChI=1S/C29H37N7O/c1-7-13-31-27(37)24-18-32-28(35-26(24)33-22-12-14-30-25(17-22)29(2,3)4)34-21-10-8-20-16-23(36(5)6)11-9-19(20)15-21/h7-8,10,12,14-15,17-18,23H,1,9,11,13,16H2,2-6H3,(H,31,37)(H2,30,32,33,34,35). The Kier molecular flexibility index (Phi) is 7.88. The lowest BCUT2D eigenvalue weighted by atomic mass is 9.87. The van der Waals surface area contributed by atoms with Crippen molar-refractivity contribution in [2.45, 2.75) is 51.5 Å². The van der Waals surface area contributed by atoms with Crippen molar-refractivity contribution in [1.82, 2.24) is 25.2 Å². The zero-order valence-corrected chi connectivity index (χ0v) is 22.4. The number of likely N-dealkylation sites (N-methyl/N-ethyl adjacent to an activating group) is 1. The van der Waals surface area contributed by atoms with Crippen molar-refractivity contribution in [2.75, 3.05) is 31.3 Å². The van der Waals surface area contributed by atoms with Crippen molar-refractivity contribution in [3.8, 4) is 0 Å². The van der Waals surface area contributed by atoms with Crippen molar-refractivity contribution in [2.24, 2.45) is 0 Å². The van der Waals surface area contributed by atoms with Gasteiger partial charge in [-0.25, -0.2) is 4.98 Å². The minimum Gasteiger partial charge on any atom is -0.348 e. The van der Waals surface area contributed by atoms with Crippen LogP contribution in [0, 0.1) is 0 Å². The summed E-state index contributed by atoms with van der Waals surface area (Å²) in [6.45, 7) is 10.4. The molecule has 2 aromatic heterocycles. The van der Waals surface area contributed by atoms with Crippen molar-refractivity contribution in [1.29, 1.82) is 0 Å². The van der Waals surface area contributed by atoms with Crippen molar-refractivity contribution >= 4 is 29.0 Å². The fraction of sp³-hybridized carbons (Fsp3) is 0.379. The Morgan fingerprint density at radius 1 is 1.11 bits per heavy atom. The molecule has 0 radical (unpaired) electrons. The van der Waals surface area contributed by atoms with Crippen LogP contribution < -0.4 is 16.0 Å². The summed E-state index contributed by atoms with van der Waals surface area (Å²) < 4.78 is 0. The summed E-state index contributed by atoms with van der Waals surface area (Å²) in [5.74, 6) is 0.551. The van der Waals surface area contributed by atoms with Crippen molar-refractivity contribution in [3.63, 3.8) is 0 Å². The third-order valence-corrected chi connectivity index (χ3v) is 6.63. The third kappa shape index (κ3) is 6.51. The van der Waals surface area contributed by atoms with E-state index in [-0.39, 0.29) is 11.3 Å². The molecule has 1 aliphatic rings. The third-order valence-electron chi connectivity index (χ3n) is 6.63. The van der Waals surface area contributed by atoms with Gasteiger partial charge in [0.1, 0.15) is 11.4 Å². The zero-order valence-electron chi connectivity index (χ0n) is 22.4. The molecule has 0 saturated carbocycles. The summed E-state index contributed by atoms with van der Waals surface area (Å²) in [7, 11) is 4.29. The van der Waals surface area contributed by atoms with E-state index in [0.29, 0.717) is 29.9 Å². The molecule has 2 heterocycles. The monoisotopic (exact) mass is 499 g/mol. The van der Waals surface area contributed by atoms with E-state index in [4.69, 9.17) is 0 Å². The van der Waals surface area contributed by atoms with E-state index in [9.17, 15) is 4.79 Å². The molecule has 0 fully saturated rings. The Bertz CT molecular complexity index is 1280. The van der Waals surface area contributed by atoms with Crippen LogP contribution in [0.4, 0.5) is 23.1 Å². The van der Waals surface area contributed by atoms with Crippen LogP contribution in [-0.2, 0) is 18.3 Å². The van der Waals surface area contributed by atoms with Gasteiger partial charge in [-0.15, -0.1) is 6.58 Å². The van der Waals surface area contributed by atoms with Crippen molar-refractivity contribution in [3.05, 3.63) is 77.8 Å². The van der Waals surface area contributed by atoms with Gasteiger partial charge in [0.2, 0.25) is 5.95 Å². The Hall–Kier alpha value is -3.78. The number of nitrogens with zero attached hydrogens (tertiary/aromatic N) is 4. The fourth-order valence-electron chi connectivity index (χ4n) is 4.40. The average Bonchev–Trinajstić information content (AvgIpc) is 2.86. The van der Waals surface area contributed by atoms with Gasteiger partial charge in [0.05, 0.1) is 0 Å². The van der Waals surface area contributed by atoms with Gasteiger partial charge in [0.15, 0.2) is 0 Å². The van der Waals surface area contributed by atoms with E-state index in [2.05, 4.69) is 95.4 Å². The van der Waals surface area contributed by atoms with Gasteiger partial charge in [-0.05, 0) is 68.8 Å². The van der Waals surface area contributed by atoms with Crippen LogP contribution in [0.15, 0.2) is 55.4 Å². The predicted octanol–water partition coefficient (Wildman–Crippen LogP) is 4.99. The first-order valence-corrected chi connectivity index (χ1v) is 12.7. The maximum Gasteiger partial charge on any atom is 0.256 e. The molecule has 8 nitrogen and oxygen atoms in total. The van der Waals surface area contributed by atoms with Gasteiger partial charge in [-0.1, -0.05) is 32.9 Å². The van der Waals surface area contributed by atoms with Crippen LogP contribution in [-0.4, -0.2) is 52.4 Å². The molecule has 37 heavy (non-hydrogen) atoms. The van der Waals surface area contributed by atoms with E-state index in [1.54, 1.807) is 18.5 Å². The number of nitrogens with one attached hydrogen (secondary N) is 3. The normalized spacial score (nSPS) is 15.1. The molecule has 1 aromatic carbocycles. The van der Waals surface area contributed by atoms with Crippen LogP contribution in [0.5, 0.6) is 0 Å². The molecule has 1 atom stereocenters. The smallest absolute Gasteiger partial charge is 0.256 e. The molecular formula is C29H37N7O. The molecule has 0 bridgehead atoms. The predicted molar refractivity (Wildman–Crippen MR) is 150 cm³/mol. The summed E-state index contributed by atoms with van der Waals surface area (Å²) in [6, 6.07) is 10.9. The highest BCUT2D eigenvalue weighted by Crippen LogP contribution is 2.29. The first-order valence-electron chi connectivity index (χ1n) is 12.7. The molecule has 1 aliphatic carbocycles. The second kappa shape index (κ2) is 11.1. The molecule has 0 spiro atoms. The minimum absolute atomic E-state index is 0.112. The van der Waals surface area contributed by atoms with E-state index >= 15 is 0 Å². The van der Waals surface area contributed by atoms with Gasteiger partial charge >= 0.3 is 0 Å². The van der Waals surface area contributed by atoms with Gasteiger partial charge in [-0.3, -0.25) is 9.78 Å². The summed E-state index contributed by atoms with van der Waals surface area (Å²) in [5, 5.41) is 9.45. The zero-order chi connectivity index (χ0) is 26.6. The average molecular weight is 500 g/mol. The van der Waals surface area contributed by atoms with Crippen LogP contribution in [0.1, 0.15) is 54.4 Å².